The van der Waals surface area contributed by atoms with Crippen LogP contribution in [0.3, 0.4) is 0 Å². The van der Waals surface area contributed by atoms with Gasteiger partial charge in [0.1, 0.15) is 102 Å². The number of aliphatic hydroxyl groups is 11. The Kier molecular flexibility index (Phi) is 18.2. The minimum Gasteiger partial charge on any atom is -0.456 e. The van der Waals surface area contributed by atoms with Gasteiger partial charge in [-0.05, 0) is 99.2 Å². The van der Waals surface area contributed by atoms with Crippen molar-refractivity contribution in [3.05, 3.63) is 11.6 Å². The number of allylic oxidation sites excluding steroid dienone is 1. The molecule has 81 heavy (non-hydrogen) atoms. The third kappa shape index (κ3) is 10.4. The van der Waals surface area contributed by atoms with Crippen molar-refractivity contribution >= 4 is 16.4 Å². The zero-order valence-corrected chi connectivity index (χ0v) is 48.2. The van der Waals surface area contributed by atoms with Gasteiger partial charge in [-0.3, -0.25) is 9.35 Å². The second-order valence-electron chi connectivity index (χ2n) is 26.0. The second-order valence-corrected chi connectivity index (χ2v) is 27.1. The molecule has 3 saturated carbocycles. The van der Waals surface area contributed by atoms with Gasteiger partial charge in [0.2, 0.25) is 0 Å². The number of carbonyl (C=O) groups is 1. The van der Waals surface area contributed by atoms with Gasteiger partial charge in [0.25, 0.3) is 0 Å². The highest BCUT2D eigenvalue weighted by Gasteiger charge is 2.85. The zero-order valence-electron chi connectivity index (χ0n) is 47.4. The van der Waals surface area contributed by atoms with Crippen molar-refractivity contribution in [2.45, 2.75) is 253 Å². The molecule has 26 nitrogen and oxygen atoms in total. The fourth-order valence-electron chi connectivity index (χ4n) is 16.4. The van der Waals surface area contributed by atoms with E-state index in [1.807, 2.05) is 33.8 Å². The second kappa shape index (κ2) is 23.1. The summed E-state index contributed by atoms with van der Waals surface area (Å²) in [5.74, 6) is -0.430. The van der Waals surface area contributed by atoms with E-state index in [0.29, 0.717) is 50.9 Å². The van der Waals surface area contributed by atoms with Crippen molar-refractivity contribution in [3.8, 4) is 0 Å². The third-order valence-electron chi connectivity index (χ3n) is 20.8. The summed E-state index contributed by atoms with van der Waals surface area (Å²) in [5.41, 5.74) is -5.44. The van der Waals surface area contributed by atoms with Crippen LogP contribution in [-0.2, 0) is 66.7 Å². The van der Waals surface area contributed by atoms with Crippen molar-refractivity contribution in [2.24, 2.45) is 39.4 Å². The Hall–Kier alpha value is -1.72. The third-order valence-corrected chi connectivity index (χ3v) is 21.3. The standard InChI is InChI=1S/C54H88O26S/c1-23(2)11-10-15-52(8)53(66)18-17-51(7)25-12-13-30-49(4,5)32(14-16-50(30,6)26(25)19-31(57)54(51,53)48(65)79-52)75-47-43(35(60)29(22-71-47)80-81(67,68)69)78-44-37(62)36(61)40(24(3)72-44)76-46-39(64)42(34(59)28(21-56)74-46)77-45-38(63)41(70-9)33(58)27(20-55)73-45/h19,23-25,27-47,55-64,66H,10-18,20-22H2,1-9H3,(H,67,68,69)/t24-,25-,27-,28-,29-,30+,31+,32+,33-,34-,35+,36-,37-,38-,39-,40-,41+,42+,43-,44+,45+,46+,47+,50-,51+,52+,53+,54-/m1/s1. The van der Waals surface area contributed by atoms with E-state index in [4.69, 9.17) is 51.6 Å². The van der Waals surface area contributed by atoms with Gasteiger partial charge >= 0.3 is 16.4 Å². The summed E-state index contributed by atoms with van der Waals surface area (Å²) in [6, 6.07) is 0. The summed E-state index contributed by atoms with van der Waals surface area (Å²) in [6.07, 6.45) is -27.3. The van der Waals surface area contributed by atoms with Crippen molar-refractivity contribution in [1.29, 1.82) is 0 Å². The van der Waals surface area contributed by atoms with Gasteiger partial charge in [-0.15, -0.1) is 0 Å². The van der Waals surface area contributed by atoms with Gasteiger partial charge in [0, 0.05) is 7.11 Å². The first kappa shape index (κ1) is 63.8. The van der Waals surface area contributed by atoms with Crippen LogP contribution >= 0.6 is 0 Å². The lowest BCUT2D eigenvalue weighted by Gasteiger charge is -2.64. The Morgan fingerprint density at radius 1 is 0.704 bits per heavy atom. The first-order valence-electron chi connectivity index (χ1n) is 28.5. The van der Waals surface area contributed by atoms with Crippen LogP contribution < -0.4 is 0 Å². The summed E-state index contributed by atoms with van der Waals surface area (Å²) in [5, 5.41) is 125. The van der Waals surface area contributed by atoms with Gasteiger partial charge in [-0.25, -0.2) is 4.18 Å². The largest absolute Gasteiger partial charge is 0.456 e. The fraction of sp³-hybridized carbons (Fsp3) is 0.944. The molecule has 0 unspecified atom stereocenters. The van der Waals surface area contributed by atoms with Crippen molar-refractivity contribution in [1.82, 2.24) is 0 Å². The number of hydrogen-bond acceptors (Lipinski definition) is 25. The minimum atomic E-state index is -5.19. The predicted molar refractivity (Wildman–Crippen MR) is 274 cm³/mol. The number of methoxy groups -OCH3 is 1. The van der Waals surface area contributed by atoms with Crippen LogP contribution in [0, 0.1) is 39.4 Å². The van der Waals surface area contributed by atoms with Crippen LogP contribution in [-0.4, -0.2) is 242 Å². The molecule has 1 spiro atoms. The number of hydrogen-bond donors (Lipinski definition) is 12. The highest BCUT2D eigenvalue weighted by Crippen LogP contribution is 2.77. The molecule has 9 rings (SSSR count). The van der Waals surface area contributed by atoms with E-state index in [9.17, 15) is 73.9 Å². The number of ether oxygens (including phenoxy) is 10. The summed E-state index contributed by atoms with van der Waals surface area (Å²) in [4.78, 5) is 14.5. The van der Waals surface area contributed by atoms with Crippen LogP contribution in [0.2, 0.25) is 0 Å². The first-order valence-corrected chi connectivity index (χ1v) is 29.9. The number of esters is 1. The Balaban J connectivity index is 0.911. The maximum atomic E-state index is 14.5. The maximum Gasteiger partial charge on any atom is 0.397 e. The van der Waals surface area contributed by atoms with Crippen LogP contribution in [0.15, 0.2) is 11.6 Å². The molecule has 9 aliphatic rings. The van der Waals surface area contributed by atoms with Crippen LogP contribution in [0.4, 0.5) is 0 Å². The van der Waals surface area contributed by atoms with Gasteiger partial charge in [-0.1, -0.05) is 59.6 Å². The number of fused-ring (bicyclic) bond motifs is 4. The molecule has 0 aromatic heterocycles. The molecule has 0 amide bonds. The molecule has 0 aromatic carbocycles. The topological polar surface area (TPSA) is 396 Å². The summed E-state index contributed by atoms with van der Waals surface area (Å²) in [6.45, 7) is 13.5. The summed E-state index contributed by atoms with van der Waals surface area (Å²) < 4.78 is 97.9. The van der Waals surface area contributed by atoms with E-state index >= 15 is 0 Å². The van der Waals surface area contributed by atoms with Gasteiger partial charge in [-0.2, -0.15) is 8.42 Å². The van der Waals surface area contributed by atoms with E-state index in [-0.39, 0.29) is 11.8 Å². The lowest BCUT2D eigenvalue weighted by atomic mass is 9.40. The Bertz CT molecular complexity index is 2380. The summed E-state index contributed by atoms with van der Waals surface area (Å²) >= 11 is 0. The molecule has 0 bridgehead atoms. The Morgan fingerprint density at radius 3 is 1.90 bits per heavy atom. The molecule has 12 N–H and O–H groups in total. The van der Waals surface area contributed by atoms with Crippen molar-refractivity contribution in [2.75, 3.05) is 26.9 Å². The highest BCUT2D eigenvalue weighted by molar-refractivity contribution is 7.80. The molecule has 5 heterocycles. The number of rotatable bonds is 17. The smallest absolute Gasteiger partial charge is 0.397 e. The molecule has 28 atom stereocenters. The molecule has 8 fully saturated rings. The first-order chi connectivity index (χ1) is 37.8. The average molecular weight is 1190 g/mol. The molecule has 0 aromatic rings. The van der Waals surface area contributed by atoms with E-state index < -0.39 is 198 Å². The number of aliphatic hydroxyl groups excluding tert-OH is 10. The molecular formula is C54H88O26S. The van der Waals surface area contributed by atoms with Crippen molar-refractivity contribution in [3.63, 3.8) is 0 Å². The maximum absolute atomic E-state index is 14.5. The Morgan fingerprint density at radius 2 is 1.30 bits per heavy atom. The molecule has 466 valence electrons. The molecule has 0 radical (unpaired) electrons. The van der Waals surface area contributed by atoms with E-state index in [1.165, 1.54) is 14.0 Å². The van der Waals surface area contributed by atoms with Crippen molar-refractivity contribution < 1.29 is 125 Å². The fourth-order valence-corrected chi connectivity index (χ4v) is 16.9. The van der Waals surface area contributed by atoms with Gasteiger partial charge < -0.3 is 104 Å². The van der Waals surface area contributed by atoms with E-state index in [2.05, 4.69) is 20.8 Å². The number of cyclic esters (lactones) is 1. The average Bonchev–Trinajstić information content (AvgIpc) is 1.90. The molecular weight excluding hydrogens is 1100 g/mol. The van der Waals surface area contributed by atoms with Gasteiger partial charge in [0.15, 0.2) is 25.2 Å². The molecule has 5 aliphatic heterocycles. The lowest BCUT2D eigenvalue weighted by Crippen LogP contribution is -2.68. The lowest BCUT2D eigenvalue weighted by molar-refractivity contribution is -0.389. The van der Waals surface area contributed by atoms with Crippen LogP contribution in [0.1, 0.15) is 113 Å². The Labute approximate surface area is 471 Å². The zero-order chi connectivity index (χ0) is 59.5. The highest BCUT2D eigenvalue weighted by atomic mass is 32.3. The quantitative estimate of drug-likeness (QED) is 0.0345. The molecule has 5 saturated heterocycles. The monoisotopic (exact) mass is 1180 g/mol. The van der Waals surface area contributed by atoms with Crippen LogP contribution in [0.5, 0.6) is 0 Å². The minimum absolute atomic E-state index is 0.111. The molecule has 27 heteroatoms. The van der Waals surface area contributed by atoms with E-state index in [1.54, 1.807) is 0 Å². The van der Waals surface area contributed by atoms with Gasteiger partial charge in [0.05, 0.1) is 38.1 Å². The molecule has 4 aliphatic carbocycles. The number of carbonyl (C=O) groups excluding carboxylic acids is 1. The van der Waals surface area contributed by atoms with Crippen LogP contribution in [0.25, 0.3) is 0 Å². The SMILES string of the molecule is CO[C@@H]1[C@@H](O)[C@H](O[C@@H]2[C@@H](O)[C@H](O[C@H]3[C@H](O)[C@@H](O)[C@H](O[C@H]4[C@H](O[C@H]5CC[C@]6(C)C7=C[C@H](O)[C@]89C(=O)O[C@@](C)(CCCC(C)C)[C@@]8(O)CC[C@@]9(C)[C@@H]7CC[C@H]6C5(C)C)OC[C@@H](OS(=O)(=O)O)[C@@H]4O)O[C@@H]3C)O[C@H](CO)[C@H]2O)O[C@H](CO)[C@H]1O. The predicted octanol–water partition coefficient (Wildman–Crippen LogP) is -1.40. The summed E-state index contributed by atoms with van der Waals surface area (Å²) in [7, 11) is -4.01. The normalized spacial score (nSPS) is 51.7. The van der Waals surface area contributed by atoms with E-state index in [0.717, 1.165) is 18.4 Å².